The molecule has 0 fully saturated rings. The van der Waals surface area contributed by atoms with Gasteiger partial charge in [0.25, 0.3) is 11.8 Å². The molecule has 0 aliphatic carbocycles. The zero-order valence-electron chi connectivity index (χ0n) is 11.4. The van der Waals surface area contributed by atoms with Crippen LogP contribution in [0.5, 0.6) is 0 Å². The van der Waals surface area contributed by atoms with Crippen LogP contribution in [0.4, 0.5) is 5.69 Å². The molecule has 21 heavy (non-hydrogen) atoms. The Balaban J connectivity index is 2.09. The third-order valence-corrected chi connectivity index (χ3v) is 4.21. The van der Waals surface area contributed by atoms with E-state index >= 15 is 0 Å². The third kappa shape index (κ3) is 1.95. The number of esters is 1. The molecule has 0 unspecified atom stereocenters. The topological polar surface area (TPSA) is 63.7 Å². The normalized spacial score (nSPS) is 13.5. The summed E-state index contributed by atoms with van der Waals surface area (Å²) in [4.78, 5) is 38.5. The monoisotopic (exact) mass is 301 g/mol. The minimum Gasteiger partial charge on any atom is -0.465 e. The largest absolute Gasteiger partial charge is 0.465 e. The molecular formula is C15H11NO4S. The Kier molecular flexibility index (Phi) is 3.10. The fraction of sp³-hybridized carbons (Fsp3) is 0.133. The van der Waals surface area contributed by atoms with Gasteiger partial charge >= 0.3 is 5.97 Å². The number of anilines is 1. The van der Waals surface area contributed by atoms with E-state index in [9.17, 15) is 14.4 Å². The highest BCUT2D eigenvalue weighted by molar-refractivity contribution is 7.10. The number of amides is 2. The fourth-order valence-corrected chi connectivity index (χ4v) is 3.00. The van der Waals surface area contributed by atoms with Gasteiger partial charge in [0.2, 0.25) is 0 Å². The zero-order valence-corrected chi connectivity index (χ0v) is 12.2. The summed E-state index contributed by atoms with van der Waals surface area (Å²) in [6.45, 7) is 1.85. The molecule has 1 aliphatic rings. The quantitative estimate of drug-likeness (QED) is 0.632. The van der Waals surface area contributed by atoms with E-state index < -0.39 is 11.9 Å². The van der Waals surface area contributed by atoms with Crippen LogP contribution in [0.25, 0.3) is 0 Å². The van der Waals surface area contributed by atoms with Crippen molar-refractivity contribution in [3.05, 3.63) is 51.2 Å². The van der Waals surface area contributed by atoms with Crippen LogP contribution in [-0.4, -0.2) is 24.9 Å². The number of hydrogen-bond acceptors (Lipinski definition) is 5. The second-order valence-corrected chi connectivity index (χ2v) is 5.68. The molecule has 0 atom stereocenters. The van der Waals surface area contributed by atoms with Crippen LogP contribution in [0.15, 0.2) is 29.6 Å². The molecular weight excluding hydrogens is 290 g/mol. The number of ether oxygens (including phenoxy) is 1. The van der Waals surface area contributed by atoms with Crippen LogP contribution in [0.2, 0.25) is 0 Å². The van der Waals surface area contributed by atoms with Gasteiger partial charge in [-0.2, -0.15) is 0 Å². The van der Waals surface area contributed by atoms with Gasteiger partial charge in [-0.25, -0.2) is 9.69 Å². The van der Waals surface area contributed by atoms with Gasteiger partial charge in [-0.15, -0.1) is 11.3 Å². The second kappa shape index (κ2) is 4.82. The lowest BCUT2D eigenvalue weighted by Gasteiger charge is -2.12. The molecule has 0 N–H and O–H groups in total. The van der Waals surface area contributed by atoms with Crippen molar-refractivity contribution in [3.8, 4) is 0 Å². The highest BCUT2D eigenvalue weighted by atomic mass is 32.1. The summed E-state index contributed by atoms with van der Waals surface area (Å²) < 4.78 is 4.63. The molecule has 2 aromatic rings. The number of benzene rings is 1. The highest BCUT2D eigenvalue weighted by Crippen LogP contribution is 2.33. The summed E-state index contributed by atoms with van der Waals surface area (Å²) in [6.07, 6.45) is 0. The predicted molar refractivity (Wildman–Crippen MR) is 78.0 cm³/mol. The number of aryl methyl sites for hydroxylation is 1. The Hall–Kier alpha value is -2.47. The third-order valence-electron chi connectivity index (χ3n) is 3.38. The van der Waals surface area contributed by atoms with Gasteiger partial charge in [0.15, 0.2) is 0 Å². The molecule has 0 saturated carbocycles. The van der Waals surface area contributed by atoms with Crippen LogP contribution in [0, 0.1) is 6.92 Å². The molecule has 6 heteroatoms. The number of methoxy groups -OCH3 is 1. The summed E-state index contributed by atoms with van der Waals surface area (Å²) in [5, 5.41) is 1.83. The van der Waals surface area contributed by atoms with Crippen LogP contribution in [0.1, 0.15) is 36.0 Å². The Morgan fingerprint density at radius 1 is 1.14 bits per heavy atom. The Bertz CT molecular complexity index is 778. The maximum atomic E-state index is 12.5. The van der Waals surface area contributed by atoms with Gasteiger partial charge in [-0.3, -0.25) is 9.59 Å². The van der Waals surface area contributed by atoms with Crippen LogP contribution >= 0.6 is 11.3 Å². The number of imide groups is 1. The fourth-order valence-electron chi connectivity index (χ4n) is 2.31. The summed E-state index contributed by atoms with van der Waals surface area (Å²) in [7, 11) is 1.27. The van der Waals surface area contributed by atoms with Gasteiger partial charge in [0, 0.05) is 4.88 Å². The molecule has 1 aromatic heterocycles. The van der Waals surface area contributed by atoms with E-state index in [4.69, 9.17) is 0 Å². The number of fused-ring (bicyclic) bond motifs is 1. The summed E-state index contributed by atoms with van der Waals surface area (Å²) in [6, 6.07) is 6.12. The van der Waals surface area contributed by atoms with Crippen molar-refractivity contribution in [2.24, 2.45) is 0 Å². The number of hydrogen-bond donors (Lipinski definition) is 0. The van der Waals surface area contributed by atoms with Crippen molar-refractivity contribution in [1.29, 1.82) is 0 Å². The predicted octanol–water partition coefficient (Wildman–Crippen LogP) is 2.64. The first-order valence-corrected chi connectivity index (χ1v) is 7.08. The summed E-state index contributed by atoms with van der Waals surface area (Å²) in [5.41, 5.74) is 1.37. The minimum atomic E-state index is -0.539. The summed E-state index contributed by atoms with van der Waals surface area (Å²) >= 11 is 1.47. The van der Waals surface area contributed by atoms with Crippen molar-refractivity contribution >= 4 is 34.8 Å². The lowest BCUT2D eigenvalue weighted by atomic mass is 10.1. The molecule has 0 bridgehead atoms. The Morgan fingerprint density at radius 2 is 1.86 bits per heavy atom. The molecule has 0 saturated heterocycles. The first kappa shape index (κ1) is 13.5. The summed E-state index contributed by atoms with van der Waals surface area (Å²) in [5.74, 6) is -1.32. The van der Waals surface area contributed by atoms with Crippen molar-refractivity contribution in [2.45, 2.75) is 6.92 Å². The van der Waals surface area contributed by atoms with E-state index in [0.29, 0.717) is 11.3 Å². The number of rotatable bonds is 2. The minimum absolute atomic E-state index is 0.230. The van der Waals surface area contributed by atoms with Crippen LogP contribution in [-0.2, 0) is 4.74 Å². The number of thiophene rings is 1. The molecule has 5 nitrogen and oxygen atoms in total. The van der Waals surface area contributed by atoms with E-state index in [1.54, 1.807) is 6.07 Å². The smallest absolute Gasteiger partial charge is 0.337 e. The van der Waals surface area contributed by atoms with Gasteiger partial charge in [0.1, 0.15) is 0 Å². The highest BCUT2D eigenvalue weighted by Gasteiger charge is 2.38. The Labute approximate surface area is 124 Å². The molecule has 0 spiro atoms. The number of carbonyl (C=O) groups is 3. The molecule has 0 radical (unpaired) electrons. The van der Waals surface area contributed by atoms with Crippen LogP contribution < -0.4 is 4.90 Å². The molecule has 2 amide bonds. The van der Waals surface area contributed by atoms with E-state index in [2.05, 4.69) is 4.74 Å². The first-order valence-electron chi connectivity index (χ1n) is 6.20. The zero-order chi connectivity index (χ0) is 15.1. The van der Waals surface area contributed by atoms with Gasteiger partial charge in [-0.05, 0) is 36.6 Å². The van der Waals surface area contributed by atoms with Crippen molar-refractivity contribution in [1.82, 2.24) is 0 Å². The maximum absolute atomic E-state index is 12.5. The van der Waals surface area contributed by atoms with Crippen LogP contribution in [0.3, 0.4) is 0 Å². The molecule has 2 heterocycles. The lowest BCUT2D eigenvalue weighted by Crippen LogP contribution is -2.29. The van der Waals surface area contributed by atoms with E-state index in [1.165, 1.54) is 36.6 Å². The standard InChI is InChI=1S/C15H11NO4S/c1-8-12(5-6-21-8)16-13(17)10-4-3-9(15(19)20-2)7-11(10)14(16)18/h3-7H,1-2H3. The Morgan fingerprint density at radius 3 is 2.48 bits per heavy atom. The van der Waals surface area contributed by atoms with Crippen molar-refractivity contribution in [2.75, 3.05) is 12.0 Å². The van der Waals surface area contributed by atoms with Gasteiger partial charge < -0.3 is 4.74 Å². The van der Waals surface area contributed by atoms with Gasteiger partial charge in [-0.1, -0.05) is 0 Å². The van der Waals surface area contributed by atoms with E-state index in [-0.39, 0.29) is 17.0 Å². The first-order chi connectivity index (χ1) is 10.0. The lowest BCUT2D eigenvalue weighted by molar-refractivity contribution is 0.0600. The van der Waals surface area contributed by atoms with E-state index in [0.717, 1.165) is 9.78 Å². The average Bonchev–Trinajstić information content (AvgIpc) is 3.01. The second-order valence-electron chi connectivity index (χ2n) is 4.56. The molecule has 1 aromatic carbocycles. The van der Waals surface area contributed by atoms with Gasteiger partial charge in [0.05, 0.1) is 29.5 Å². The molecule has 3 rings (SSSR count). The molecule has 106 valence electrons. The maximum Gasteiger partial charge on any atom is 0.337 e. The van der Waals surface area contributed by atoms with Crippen molar-refractivity contribution < 1.29 is 19.1 Å². The number of nitrogens with zero attached hydrogens (tertiary/aromatic N) is 1. The number of carbonyl (C=O) groups excluding carboxylic acids is 3. The average molecular weight is 301 g/mol. The molecule has 1 aliphatic heterocycles. The van der Waals surface area contributed by atoms with E-state index in [1.807, 2.05) is 12.3 Å². The SMILES string of the molecule is COC(=O)c1ccc2c(c1)C(=O)N(c1ccsc1C)C2=O. The van der Waals surface area contributed by atoms with Crippen molar-refractivity contribution in [3.63, 3.8) is 0 Å².